The third-order valence-electron chi connectivity index (χ3n) is 6.31. The molecule has 2 N–H and O–H groups in total. The molecule has 0 aliphatic heterocycles. The van der Waals surface area contributed by atoms with Crippen molar-refractivity contribution in [2.75, 3.05) is 24.4 Å². The first-order valence-electron chi connectivity index (χ1n) is 12.7. The third-order valence-corrected chi connectivity index (χ3v) is 6.31. The summed E-state index contributed by atoms with van der Waals surface area (Å²) < 4.78 is 6.41. The van der Waals surface area contributed by atoms with Crippen molar-refractivity contribution in [2.45, 2.75) is 19.0 Å². The molecular weight excluding hydrogens is 508 g/mol. The molecule has 0 saturated heterocycles. The van der Waals surface area contributed by atoms with Crippen LogP contribution >= 0.6 is 0 Å². The Morgan fingerprint density at radius 1 is 0.900 bits per heavy atom. The van der Waals surface area contributed by atoms with E-state index in [2.05, 4.69) is 10.6 Å². The summed E-state index contributed by atoms with van der Waals surface area (Å²) in [6.45, 7) is -0.295. The quantitative estimate of drug-likeness (QED) is 0.321. The monoisotopic (exact) mass is 538 g/mol. The molecule has 0 aliphatic carbocycles. The van der Waals surface area contributed by atoms with Gasteiger partial charge in [-0.25, -0.2) is 0 Å². The van der Waals surface area contributed by atoms with E-state index in [4.69, 9.17) is 4.74 Å². The molecule has 1 heterocycles. The van der Waals surface area contributed by atoms with E-state index in [9.17, 15) is 19.2 Å². The van der Waals surface area contributed by atoms with Gasteiger partial charge in [-0.15, -0.1) is 0 Å². The lowest BCUT2D eigenvalue weighted by molar-refractivity contribution is -0.127. The number of pyridine rings is 1. The van der Waals surface area contributed by atoms with E-state index in [1.54, 1.807) is 74.8 Å². The first kappa shape index (κ1) is 27.8. The molecule has 3 amide bonds. The number of carbonyl (C=O) groups is 3. The average molecular weight is 539 g/mol. The highest BCUT2D eigenvalue weighted by Gasteiger charge is 2.25. The van der Waals surface area contributed by atoms with E-state index in [1.165, 1.54) is 21.7 Å². The molecular formula is C31H30N4O5. The van der Waals surface area contributed by atoms with Crippen LogP contribution in [-0.2, 0) is 22.6 Å². The van der Waals surface area contributed by atoms with Gasteiger partial charge in [0.05, 0.1) is 7.11 Å². The standard InChI is InChI=1S/C31H30N4O5/c1-34(25-13-15-26(40-2)16-14-25)31(39)27(19-22-9-5-3-6-10-22)33-28(36)21-35-18-17-24(20-29(35)37)32-30(38)23-11-7-4-8-12-23/h3-18,20,27H,19,21H2,1-2H3,(H,32,38)(H,33,36). The van der Waals surface area contributed by atoms with Crippen molar-refractivity contribution in [3.8, 4) is 5.75 Å². The zero-order chi connectivity index (χ0) is 28.5. The molecule has 4 aromatic rings. The summed E-state index contributed by atoms with van der Waals surface area (Å²) in [6, 6.07) is 26.9. The first-order chi connectivity index (χ1) is 19.3. The molecule has 0 aliphatic rings. The zero-order valence-electron chi connectivity index (χ0n) is 22.2. The minimum atomic E-state index is -0.873. The van der Waals surface area contributed by atoms with Crippen molar-refractivity contribution in [2.24, 2.45) is 0 Å². The van der Waals surface area contributed by atoms with Gasteiger partial charge in [0.15, 0.2) is 0 Å². The molecule has 0 spiro atoms. The Bertz CT molecular complexity index is 1520. The van der Waals surface area contributed by atoms with Crippen LogP contribution in [0.25, 0.3) is 0 Å². The number of methoxy groups -OCH3 is 1. The van der Waals surface area contributed by atoms with Gasteiger partial charge >= 0.3 is 0 Å². The van der Waals surface area contributed by atoms with Crippen molar-refractivity contribution < 1.29 is 19.1 Å². The highest BCUT2D eigenvalue weighted by molar-refractivity contribution is 6.04. The molecule has 3 aromatic carbocycles. The first-order valence-corrected chi connectivity index (χ1v) is 12.7. The number of benzene rings is 3. The van der Waals surface area contributed by atoms with Crippen molar-refractivity contribution in [1.29, 1.82) is 0 Å². The molecule has 9 nitrogen and oxygen atoms in total. The van der Waals surface area contributed by atoms with Gasteiger partial charge in [0.2, 0.25) is 11.8 Å². The second kappa shape index (κ2) is 13.1. The molecule has 0 bridgehead atoms. The number of carbonyl (C=O) groups excluding carboxylic acids is 3. The van der Waals surface area contributed by atoms with Crippen LogP contribution in [-0.4, -0.2) is 42.5 Å². The number of amides is 3. The smallest absolute Gasteiger partial charge is 0.255 e. The predicted octanol–water partition coefficient (Wildman–Crippen LogP) is 3.50. The fraction of sp³-hybridized carbons (Fsp3) is 0.161. The molecule has 1 atom stereocenters. The lowest BCUT2D eigenvalue weighted by Crippen LogP contribution is -2.50. The van der Waals surface area contributed by atoms with Gasteiger partial charge in [0.25, 0.3) is 11.5 Å². The molecule has 0 fully saturated rings. The molecule has 9 heteroatoms. The summed E-state index contributed by atoms with van der Waals surface area (Å²) in [5.74, 6) is -0.497. The molecule has 204 valence electrons. The predicted molar refractivity (Wildman–Crippen MR) is 154 cm³/mol. The number of hydrogen-bond acceptors (Lipinski definition) is 5. The number of nitrogens with one attached hydrogen (secondary N) is 2. The number of rotatable bonds is 10. The number of anilines is 2. The van der Waals surface area contributed by atoms with Gasteiger partial charge in [-0.2, -0.15) is 0 Å². The number of ether oxygens (including phenoxy) is 1. The Balaban J connectivity index is 1.46. The van der Waals surface area contributed by atoms with E-state index < -0.39 is 17.5 Å². The van der Waals surface area contributed by atoms with Gasteiger partial charge in [-0.3, -0.25) is 19.2 Å². The van der Waals surface area contributed by atoms with Crippen LogP contribution in [0, 0.1) is 0 Å². The second-order valence-electron chi connectivity index (χ2n) is 9.11. The van der Waals surface area contributed by atoms with Crippen molar-refractivity contribution in [3.63, 3.8) is 0 Å². The maximum atomic E-state index is 13.5. The summed E-state index contributed by atoms with van der Waals surface area (Å²) in [7, 11) is 3.20. The summed E-state index contributed by atoms with van der Waals surface area (Å²) in [4.78, 5) is 53.1. The van der Waals surface area contributed by atoms with Gasteiger partial charge in [0, 0.05) is 42.7 Å². The van der Waals surface area contributed by atoms with Crippen LogP contribution in [0.3, 0.4) is 0 Å². The van der Waals surface area contributed by atoms with Crippen molar-refractivity contribution in [1.82, 2.24) is 9.88 Å². The van der Waals surface area contributed by atoms with Crippen LogP contribution in [0.2, 0.25) is 0 Å². The van der Waals surface area contributed by atoms with Crippen LogP contribution < -0.4 is 25.8 Å². The van der Waals surface area contributed by atoms with E-state index in [1.807, 2.05) is 30.3 Å². The summed E-state index contributed by atoms with van der Waals surface area (Å²) in [5, 5.41) is 5.48. The molecule has 1 unspecified atom stereocenters. The Hall–Kier alpha value is -5.18. The zero-order valence-corrected chi connectivity index (χ0v) is 22.2. The van der Waals surface area contributed by atoms with E-state index in [0.717, 1.165) is 5.56 Å². The maximum Gasteiger partial charge on any atom is 0.255 e. The van der Waals surface area contributed by atoms with Gasteiger partial charge in [0.1, 0.15) is 18.3 Å². The Morgan fingerprint density at radius 3 is 2.17 bits per heavy atom. The molecule has 4 rings (SSSR count). The Kier molecular flexibility index (Phi) is 9.09. The SMILES string of the molecule is COc1ccc(N(C)C(=O)C(Cc2ccccc2)NC(=O)Cn2ccc(NC(=O)c3ccccc3)cc2=O)cc1. The summed E-state index contributed by atoms with van der Waals surface area (Å²) in [5.41, 5.74) is 1.82. The lowest BCUT2D eigenvalue weighted by atomic mass is 10.0. The summed E-state index contributed by atoms with van der Waals surface area (Å²) in [6.07, 6.45) is 1.70. The molecule has 1 aromatic heterocycles. The number of nitrogens with zero attached hydrogens (tertiary/aromatic N) is 2. The topological polar surface area (TPSA) is 110 Å². The van der Waals surface area contributed by atoms with Crippen molar-refractivity contribution >= 4 is 29.1 Å². The van der Waals surface area contributed by atoms with Gasteiger partial charge in [-0.1, -0.05) is 48.5 Å². The Labute approximate surface area is 232 Å². The molecule has 0 radical (unpaired) electrons. The largest absolute Gasteiger partial charge is 0.497 e. The summed E-state index contributed by atoms with van der Waals surface area (Å²) >= 11 is 0. The normalized spacial score (nSPS) is 11.2. The second-order valence-corrected chi connectivity index (χ2v) is 9.11. The minimum Gasteiger partial charge on any atom is -0.497 e. The third kappa shape index (κ3) is 7.22. The molecule has 40 heavy (non-hydrogen) atoms. The fourth-order valence-corrected chi connectivity index (χ4v) is 4.12. The highest BCUT2D eigenvalue weighted by atomic mass is 16.5. The van der Waals surface area contributed by atoms with Crippen LogP contribution in [0.5, 0.6) is 5.75 Å². The average Bonchev–Trinajstić information content (AvgIpc) is 2.98. The van der Waals surface area contributed by atoms with E-state index in [0.29, 0.717) is 22.7 Å². The van der Waals surface area contributed by atoms with Crippen LogP contribution in [0.15, 0.2) is 108 Å². The van der Waals surface area contributed by atoms with Crippen LogP contribution in [0.1, 0.15) is 15.9 Å². The Morgan fingerprint density at radius 2 is 1.55 bits per heavy atom. The van der Waals surface area contributed by atoms with Crippen molar-refractivity contribution in [3.05, 3.63) is 125 Å². The maximum absolute atomic E-state index is 13.5. The number of likely N-dealkylation sites (N-methyl/N-ethyl adjacent to an activating group) is 1. The number of aromatic nitrogens is 1. The minimum absolute atomic E-state index is 0.269. The number of hydrogen-bond donors (Lipinski definition) is 2. The van der Waals surface area contributed by atoms with E-state index >= 15 is 0 Å². The van der Waals surface area contributed by atoms with Crippen LogP contribution in [0.4, 0.5) is 11.4 Å². The van der Waals surface area contributed by atoms with Gasteiger partial charge in [-0.05, 0) is 48.0 Å². The highest BCUT2D eigenvalue weighted by Crippen LogP contribution is 2.19. The lowest BCUT2D eigenvalue weighted by Gasteiger charge is -2.25. The molecule has 0 saturated carbocycles. The van der Waals surface area contributed by atoms with E-state index in [-0.39, 0.29) is 24.8 Å². The van der Waals surface area contributed by atoms with Gasteiger partial charge < -0.3 is 24.8 Å². The fourth-order valence-electron chi connectivity index (χ4n) is 4.12.